The molecular formula is C13H25N3O2S. The molecule has 0 bridgehead atoms. The summed E-state index contributed by atoms with van der Waals surface area (Å²) in [6.07, 6.45) is 2.70. The van der Waals surface area contributed by atoms with Gasteiger partial charge in [0.1, 0.15) is 0 Å². The molecule has 6 heteroatoms. The quantitative estimate of drug-likeness (QED) is 0.784. The van der Waals surface area contributed by atoms with E-state index in [2.05, 4.69) is 31.2 Å². The molecule has 0 atom stereocenters. The lowest BCUT2D eigenvalue weighted by molar-refractivity contribution is 0.569. The summed E-state index contributed by atoms with van der Waals surface area (Å²) in [5.41, 5.74) is 2.28. The largest absolute Gasteiger partial charge is 0.310 e. The van der Waals surface area contributed by atoms with E-state index in [0.29, 0.717) is 12.6 Å². The van der Waals surface area contributed by atoms with E-state index in [0.717, 1.165) is 24.2 Å². The first-order chi connectivity index (χ1) is 8.89. The van der Waals surface area contributed by atoms with Gasteiger partial charge in [-0.15, -0.1) is 0 Å². The Morgan fingerprint density at radius 3 is 2.58 bits per heavy atom. The molecule has 1 aromatic rings. The smallest absolute Gasteiger partial charge is 0.151 e. The summed E-state index contributed by atoms with van der Waals surface area (Å²) >= 11 is 0. The van der Waals surface area contributed by atoms with E-state index >= 15 is 0 Å². The Morgan fingerprint density at radius 2 is 2.05 bits per heavy atom. The molecule has 5 nitrogen and oxygen atoms in total. The standard InChI is InChI=1S/C13H25N3O2S/c1-5-13-12(9-14-11(3)4)10-15-16(13)7-8-19(17,18)6-2/h10-11,14H,5-9H2,1-4H3. The van der Waals surface area contributed by atoms with Crippen molar-refractivity contribution >= 4 is 9.84 Å². The fraction of sp³-hybridized carbons (Fsp3) is 0.769. The van der Waals surface area contributed by atoms with Crippen LogP contribution in [-0.2, 0) is 29.3 Å². The van der Waals surface area contributed by atoms with Gasteiger partial charge < -0.3 is 5.32 Å². The van der Waals surface area contributed by atoms with Gasteiger partial charge in [-0.25, -0.2) is 8.42 Å². The third-order valence-corrected chi connectivity index (χ3v) is 4.81. The molecule has 1 heterocycles. The fourth-order valence-corrected chi connectivity index (χ4v) is 2.62. The van der Waals surface area contributed by atoms with E-state index in [-0.39, 0.29) is 11.5 Å². The molecule has 0 aliphatic heterocycles. The molecule has 0 saturated carbocycles. The van der Waals surface area contributed by atoms with Gasteiger partial charge in [0, 0.05) is 29.6 Å². The van der Waals surface area contributed by atoms with Crippen molar-refractivity contribution in [2.45, 2.75) is 53.2 Å². The molecule has 19 heavy (non-hydrogen) atoms. The van der Waals surface area contributed by atoms with E-state index in [9.17, 15) is 8.42 Å². The highest BCUT2D eigenvalue weighted by Gasteiger charge is 2.12. The van der Waals surface area contributed by atoms with Crippen molar-refractivity contribution in [2.75, 3.05) is 11.5 Å². The van der Waals surface area contributed by atoms with Gasteiger partial charge in [-0.05, 0) is 6.42 Å². The molecule has 1 aromatic heterocycles. The first-order valence-corrected chi connectivity index (χ1v) is 8.69. The van der Waals surface area contributed by atoms with Crippen LogP contribution >= 0.6 is 0 Å². The van der Waals surface area contributed by atoms with Gasteiger partial charge in [0.05, 0.1) is 18.5 Å². The normalized spacial score (nSPS) is 12.3. The van der Waals surface area contributed by atoms with Crippen LogP contribution in [0.2, 0.25) is 0 Å². The number of hydrogen-bond donors (Lipinski definition) is 1. The topological polar surface area (TPSA) is 64.0 Å². The summed E-state index contributed by atoms with van der Waals surface area (Å²) in [5, 5.41) is 7.68. The first kappa shape index (κ1) is 16.2. The van der Waals surface area contributed by atoms with Crippen LogP contribution in [0.3, 0.4) is 0 Å². The molecule has 0 aromatic carbocycles. The van der Waals surface area contributed by atoms with Gasteiger partial charge in [0.25, 0.3) is 0 Å². The van der Waals surface area contributed by atoms with Gasteiger partial charge in [-0.2, -0.15) is 5.10 Å². The van der Waals surface area contributed by atoms with Gasteiger partial charge in [0.15, 0.2) is 9.84 Å². The van der Waals surface area contributed by atoms with Crippen molar-refractivity contribution in [1.29, 1.82) is 0 Å². The minimum absolute atomic E-state index is 0.162. The van der Waals surface area contributed by atoms with Crippen LogP contribution in [0, 0.1) is 0 Å². The van der Waals surface area contributed by atoms with Crippen LogP contribution in [-0.4, -0.2) is 35.7 Å². The van der Waals surface area contributed by atoms with Gasteiger partial charge in [-0.3, -0.25) is 4.68 Å². The highest BCUT2D eigenvalue weighted by molar-refractivity contribution is 7.91. The fourth-order valence-electron chi connectivity index (χ4n) is 1.88. The zero-order valence-corrected chi connectivity index (χ0v) is 13.1. The number of nitrogens with one attached hydrogen (secondary N) is 1. The van der Waals surface area contributed by atoms with Crippen LogP contribution in [0.1, 0.15) is 39.0 Å². The third kappa shape index (κ3) is 4.95. The molecule has 1 rings (SSSR count). The predicted molar refractivity (Wildman–Crippen MR) is 77.9 cm³/mol. The molecule has 0 aliphatic carbocycles. The Labute approximate surface area is 116 Å². The highest BCUT2D eigenvalue weighted by Crippen LogP contribution is 2.10. The average molecular weight is 287 g/mol. The van der Waals surface area contributed by atoms with Crippen LogP contribution in [0.25, 0.3) is 0 Å². The number of hydrogen-bond acceptors (Lipinski definition) is 4. The lowest BCUT2D eigenvalue weighted by Gasteiger charge is -2.10. The Hall–Kier alpha value is -0.880. The summed E-state index contributed by atoms with van der Waals surface area (Å²) in [7, 11) is -2.94. The van der Waals surface area contributed by atoms with Crippen LogP contribution < -0.4 is 5.32 Å². The van der Waals surface area contributed by atoms with Crippen molar-refractivity contribution in [2.24, 2.45) is 0 Å². The number of aryl methyl sites for hydroxylation is 1. The third-order valence-electron chi connectivity index (χ3n) is 3.12. The van der Waals surface area contributed by atoms with E-state index in [1.807, 2.05) is 10.9 Å². The van der Waals surface area contributed by atoms with Crippen molar-refractivity contribution < 1.29 is 8.42 Å². The molecule has 0 radical (unpaired) electrons. The van der Waals surface area contributed by atoms with Crippen LogP contribution in [0.15, 0.2) is 6.20 Å². The Bertz CT molecular complexity index is 492. The molecule has 0 spiro atoms. The van der Waals surface area contributed by atoms with Crippen molar-refractivity contribution in [1.82, 2.24) is 15.1 Å². The Morgan fingerprint density at radius 1 is 1.37 bits per heavy atom. The molecule has 1 N–H and O–H groups in total. The summed E-state index contributed by atoms with van der Waals surface area (Å²) in [4.78, 5) is 0. The second-order valence-corrected chi connectivity index (χ2v) is 7.44. The van der Waals surface area contributed by atoms with Crippen LogP contribution in [0.4, 0.5) is 0 Å². The van der Waals surface area contributed by atoms with E-state index in [4.69, 9.17) is 0 Å². The minimum Gasteiger partial charge on any atom is -0.310 e. The molecule has 0 fully saturated rings. The van der Waals surface area contributed by atoms with Crippen molar-refractivity contribution in [3.8, 4) is 0 Å². The highest BCUT2D eigenvalue weighted by atomic mass is 32.2. The van der Waals surface area contributed by atoms with Crippen molar-refractivity contribution in [3.05, 3.63) is 17.5 Å². The summed E-state index contributed by atoms with van der Waals surface area (Å²) in [5.74, 6) is 0.354. The maximum Gasteiger partial charge on any atom is 0.151 e. The van der Waals surface area contributed by atoms with E-state index in [1.54, 1.807) is 6.92 Å². The molecule has 0 saturated heterocycles. The molecule has 0 amide bonds. The zero-order chi connectivity index (χ0) is 14.5. The number of nitrogens with zero attached hydrogens (tertiary/aromatic N) is 2. The molecule has 110 valence electrons. The van der Waals surface area contributed by atoms with Gasteiger partial charge in [0.2, 0.25) is 0 Å². The number of rotatable bonds is 8. The second-order valence-electron chi connectivity index (χ2n) is 4.97. The van der Waals surface area contributed by atoms with Gasteiger partial charge in [-0.1, -0.05) is 27.7 Å². The summed E-state index contributed by atoms with van der Waals surface area (Å²) in [6, 6.07) is 0.425. The van der Waals surface area contributed by atoms with Gasteiger partial charge >= 0.3 is 0 Å². The first-order valence-electron chi connectivity index (χ1n) is 6.87. The summed E-state index contributed by atoms with van der Waals surface area (Å²) in [6.45, 7) is 9.17. The van der Waals surface area contributed by atoms with E-state index in [1.165, 1.54) is 0 Å². The maximum atomic E-state index is 11.5. The van der Waals surface area contributed by atoms with Crippen molar-refractivity contribution in [3.63, 3.8) is 0 Å². The molecule has 0 aliphatic rings. The summed E-state index contributed by atoms with van der Waals surface area (Å²) < 4.78 is 24.9. The van der Waals surface area contributed by atoms with E-state index < -0.39 is 9.84 Å². The lowest BCUT2D eigenvalue weighted by Crippen LogP contribution is -2.22. The molecular weight excluding hydrogens is 262 g/mol. The van der Waals surface area contributed by atoms with Crippen LogP contribution in [0.5, 0.6) is 0 Å². The number of aromatic nitrogens is 2. The Kier molecular flexibility index (Phi) is 6.00. The molecule has 0 unspecified atom stereocenters. The monoisotopic (exact) mass is 287 g/mol. The number of sulfone groups is 1. The minimum atomic E-state index is -2.94. The SMILES string of the molecule is CCc1c(CNC(C)C)cnn1CCS(=O)(=O)CC. The predicted octanol–water partition coefficient (Wildman–Crippen LogP) is 1.38. The lowest BCUT2D eigenvalue weighted by atomic mass is 10.2. The average Bonchev–Trinajstić information content (AvgIpc) is 2.76. The Balaban J connectivity index is 2.74. The zero-order valence-electron chi connectivity index (χ0n) is 12.3. The second kappa shape index (κ2) is 7.05. The maximum absolute atomic E-state index is 11.5.